The molecule has 0 saturated carbocycles. The molecule has 0 aromatic heterocycles. The third-order valence-corrected chi connectivity index (χ3v) is 2.85. The van der Waals surface area contributed by atoms with Gasteiger partial charge in [-0.1, -0.05) is 0 Å². The molecule has 18 heavy (non-hydrogen) atoms. The Bertz CT molecular complexity index is 485. The number of piperazine rings is 1. The molecular formula is C12H12F2N2O2. The summed E-state index contributed by atoms with van der Waals surface area (Å²) in [5.74, 6) is -2.33. The lowest BCUT2D eigenvalue weighted by molar-refractivity contribution is -0.133. The van der Waals surface area contributed by atoms with Crippen LogP contribution in [0.4, 0.5) is 8.78 Å². The van der Waals surface area contributed by atoms with E-state index in [-0.39, 0.29) is 18.0 Å². The van der Waals surface area contributed by atoms with Crippen molar-refractivity contribution in [3.8, 4) is 0 Å². The first-order valence-corrected chi connectivity index (χ1v) is 5.46. The zero-order chi connectivity index (χ0) is 13.3. The summed E-state index contributed by atoms with van der Waals surface area (Å²) < 4.78 is 26.0. The van der Waals surface area contributed by atoms with E-state index in [0.29, 0.717) is 19.2 Å². The lowest BCUT2D eigenvalue weighted by Gasteiger charge is -2.32. The largest absolute Gasteiger partial charge is 0.342 e. The van der Waals surface area contributed by atoms with Crippen LogP contribution in [0.3, 0.4) is 0 Å². The van der Waals surface area contributed by atoms with Gasteiger partial charge in [-0.3, -0.25) is 9.59 Å². The Kier molecular flexibility index (Phi) is 3.27. The highest BCUT2D eigenvalue weighted by molar-refractivity contribution is 5.97. The lowest BCUT2D eigenvalue weighted by atomic mass is 10.1. The van der Waals surface area contributed by atoms with Crippen LogP contribution in [-0.2, 0) is 4.79 Å². The lowest BCUT2D eigenvalue weighted by Crippen LogP contribution is -2.50. The SMILES string of the molecule is CN1CCN(C(=O)c2cc(F)cc(F)c2)CC1=O. The summed E-state index contributed by atoms with van der Waals surface area (Å²) in [6.07, 6.45) is 0. The minimum atomic E-state index is -0.807. The standard InChI is InChI=1S/C12H12F2N2O2/c1-15-2-3-16(7-11(15)17)12(18)8-4-9(13)6-10(14)5-8/h4-6H,2-3,7H2,1H3. The maximum Gasteiger partial charge on any atom is 0.254 e. The van der Waals surface area contributed by atoms with Gasteiger partial charge >= 0.3 is 0 Å². The Morgan fingerprint density at radius 3 is 2.33 bits per heavy atom. The van der Waals surface area contributed by atoms with Crippen molar-refractivity contribution in [3.05, 3.63) is 35.4 Å². The summed E-state index contributed by atoms with van der Waals surface area (Å²) in [6, 6.07) is 2.63. The van der Waals surface area contributed by atoms with Gasteiger partial charge in [-0.2, -0.15) is 0 Å². The molecule has 0 aliphatic carbocycles. The van der Waals surface area contributed by atoms with Gasteiger partial charge in [0.2, 0.25) is 5.91 Å². The van der Waals surface area contributed by atoms with Crippen molar-refractivity contribution in [2.24, 2.45) is 0 Å². The minimum absolute atomic E-state index is 0.0620. The maximum absolute atomic E-state index is 13.0. The van der Waals surface area contributed by atoms with Gasteiger partial charge in [-0.05, 0) is 12.1 Å². The molecule has 0 atom stereocenters. The molecule has 6 heteroatoms. The topological polar surface area (TPSA) is 40.6 Å². The molecule has 1 heterocycles. The average molecular weight is 254 g/mol. The second-order valence-electron chi connectivity index (χ2n) is 4.20. The van der Waals surface area contributed by atoms with Crippen molar-refractivity contribution >= 4 is 11.8 Å². The quantitative estimate of drug-likeness (QED) is 0.746. The molecule has 1 aliphatic heterocycles. The first-order chi connectivity index (χ1) is 8.47. The summed E-state index contributed by atoms with van der Waals surface area (Å²) in [5, 5.41) is 0. The highest BCUT2D eigenvalue weighted by Crippen LogP contribution is 2.12. The Balaban J connectivity index is 2.18. The van der Waals surface area contributed by atoms with Gasteiger partial charge in [0.1, 0.15) is 18.2 Å². The van der Waals surface area contributed by atoms with Crippen LogP contribution in [0.5, 0.6) is 0 Å². The smallest absolute Gasteiger partial charge is 0.254 e. The number of carbonyl (C=O) groups excluding carboxylic acids is 2. The fourth-order valence-electron chi connectivity index (χ4n) is 1.79. The van der Waals surface area contributed by atoms with Gasteiger partial charge in [0.05, 0.1) is 0 Å². The summed E-state index contributed by atoms with van der Waals surface area (Å²) in [5.41, 5.74) is -0.0788. The van der Waals surface area contributed by atoms with Gasteiger partial charge in [0, 0.05) is 31.8 Å². The van der Waals surface area contributed by atoms with Crippen molar-refractivity contribution < 1.29 is 18.4 Å². The number of likely N-dealkylation sites (N-methyl/N-ethyl adjacent to an activating group) is 1. The van der Waals surface area contributed by atoms with Crippen LogP contribution in [-0.4, -0.2) is 48.3 Å². The van der Waals surface area contributed by atoms with Crippen LogP contribution >= 0.6 is 0 Å². The van der Waals surface area contributed by atoms with Crippen LogP contribution in [0.2, 0.25) is 0 Å². The molecular weight excluding hydrogens is 242 g/mol. The van der Waals surface area contributed by atoms with Gasteiger partial charge in [-0.15, -0.1) is 0 Å². The maximum atomic E-state index is 13.0. The molecule has 1 fully saturated rings. The van der Waals surface area contributed by atoms with E-state index in [9.17, 15) is 18.4 Å². The first-order valence-electron chi connectivity index (χ1n) is 5.46. The number of rotatable bonds is 1. The van der Waals surface area contributed by atoms with Gasteiger partial charge in [0.25, 0.3) is 5.91 Å². The minimum Gasteiger partial charge on any atom is -0.342 e. The van der Waals surface area contributed by atoms with Crippen molar-refractivity contribution in [1.29, 1.82) is 0 Å². The van der Waals surface area contributed by atoms with Crippen LogP contribution in [0.25, 0.3) is 0 Å². The average Bonchev–Trinajstić information content (AvgIpc) is 2.30. The molecule has 1 aliphatic rings. The molecule has 0 radical (unpaired) electrons. The van der Waals surface area contributed by atoms with Crippen LogP contribution < -0.4 is 0 Å². The number of halogens is 2. The highest BCUT2D eigenvalue weighted by atomic mass is 19.1. The van der Waals surface area contributed by atoms with E-state index < -0.39 is 17.5 Å². The third-order valence-electron chi connectivity index (χ3n) is 2.85. The molecule has 1 saturated heterocycles. The molecule has 0 unspecified atom stereocenters. The zero-order valence-electron chi connectivity index (χ0n) is 9.82. The van der Waals surface area contributed by atoms with E-state index in [1.54, 1.807) is 7.05 Å². The zero-order valence-corrected chi connectivity index (χ0v) is 9.82. The predicted molar refractivity (Wildman–Crippen MR) is 59.9 cm³/mol. The monoisotopic (exact) mass is 254 g/mol. The molecule has 0 bridgehead atoms. The number of benzene rings is 1. The Labute approximate surface area is 103 Å². The fraction of sp³-hybridized carbons (Fsp3) is 0.333. The van der Waals surface area contributed by atoms with Crippen LogP contribution in [0.15, 0.2) is 18.2 Å². The van der Waals surface area contributed by atoms with E-state index >= 15 is 0 Å². The molecule has 2 rings (SSSR count). The number of hydrogen-bond donors (Lipinski definition) is 0. The van der Waals surface area contributed by atoms with E-state index in [4.69, 9.17) is 0 Å². The summed E-state index contributed by atoms with van der Waals surface area (Å²) in [6.45, 7) is 0.717. The Morgan fingerprint density at radius 2 is 1.78 bits per heavy atom. The highest BCUT2D eigenvalue weighted by Gasteiger charge is 2.26. The Morgan fingerprint density at radius 1 is 1.17 bits per heavy atom. The van der Waals surface area contributed by atoms with Gasteiger partial charge in [-0.25, -0.2) is 8.78 Å². The van der Waals surface area contributed by atoms with Crippen molar-refractivity contribution in [2.75, 3.05) is 26.7 Å². The normalized spacial score (nSPS) is 16.1. The molecule has 0 spiro atoms. The number of carbonyl (C=O) groups is 2. The number of nitrogens with zero attached hydrogens (tertiary/aromatic N) is 2. The molecule has 1 aromatic carbocycles. The van der Waals surface area contributed by atoms with Crippen LogP contribution in [0, 0.1) is 11.6 Å². The predicted octanol–water partition coefficient (Wildman–Crippen LogP) is 0.879. The van der Waals surface area contributed by atoms with E-state index in [1.165, 1.54) is 9.80 Å². The molecule has 96 valence electrons. The summed E-state index contributed by atoms with van der Waals surface area (Å²) in [4.78, 5) is 26.2. The first kappa shape index (κ1) is 12.5. The molecule has 2 amide bonds. The van der Waals surface area contributed by atoms with E-state index in [2.05, 4.69) is 0 Å². The van der Waals surface area contributed by atoms with E-state index in [1.807, 2.05) is 0 Å². The van der Waals surface area contributed by atoms with Crippen molar-refractivity contribution in [1.82, 2.24) is 9.80 Å². The van der Waals surface area contributed by atoms with Crippen molar-refractivity contribution in [2.45, 2.75) is 0 Å². The summed E-state index contributed by atoms with van der Waals surface area (Å²) in [7, 11) is 1.64. The molecule has 0 N–H and O–H groups in total. The van der Waals surface area contributed by atoms with E-state index in [0.717, 1.165) is 12.1 Å². The number of amides is 2. The number of hydrogen-bond acceptors (Lipinski definition) is 2. The second kappa shape index (κ2) is 4.72. The summed E-state index contributed by atoms with van der Waals surface area (Å²) >= 11 is 0. The molecule has 1 aromatic rings. The van der Waals surface area contributed by atoms with Crippen molar-refractivity contribution in [3.63, 3.8) is 0 Å². The Hall–Kier alpha value is -1.98. The third kappa shape index (κ3) is 2.47. The van der Waals surface area contributed by atoms with Crippen LogP contribution in [0.1, 0.15) is 10.4 Å². The van der Waals surface area contributed by atoms with Gasteiger partial charge in [0.15, 0.2) is 0 Å². The van der Waals surface area contributed by atoms with Gasteiger partial charge < -0.3 is 9.80 Å². The second-order valence-corrected chi connectivity index (χ2v) is 4.20. The fourth-order valence-corrected chi connectivity index (χ4v) is 1.79. The molecule has 4 nitrogen and oxygen atoms in total.